The Morgan fingerprint density at radius 3 is 1.53 bits per heavy atom. The van der Waals surface area contributed by atoms with Crippen molar-refractivity contribution in [2.45, 2.75) is 67.5 Å². The van der Waals surface area contributed by atoms with Gasteiger partial charge < -0.3 is 23.7 Å². The molecule has 0 aromatic heterocycles. The molecule has 4 aromatic carbocycles. The molecule has 43 heavy (non-hydrogen) atoms. The Kier molecular flexibility index (Phi) is 10.9. The molecule has 0 aliphatic carbocycles. The van der Waals surface area contributed by atoms with Crippen molar-refractivity contribution in [3.8, 4) is 0 Å². The number of alkyl halides is 1. The average Bonchev–Trinajstić information content (AvgIpc) is 3.03. The van der Waals surface area contributed by atoms with Gasteiger partial charge in [-0.25, -0.2) is 0 Å². The summed E-state index contributed by atoms with van der Waals surface area (Å²) < 4.78 is 26.4. The zero-order valence-electron chi connectivity index (χ0n) is 25.0. The van der Waals surface area contributed by atoms with E-state index in [-0.39, 0.29) is 15.6 Å². The number of benzene rings is 4. The zero-order valence-corrected chi connectivity index (χ0v) is 28.2. The van der Waals surface area contributed by atoms with Gasteiger partial charge in [-0.2, -0.15) is 0 Å². The quantitative estimate of drug-likeness (QED) is 0.113. The highest BCUT2D eigenvalue weighted by Gasteiger charge is 2.52. The lowest BCUT2D eigenvalue weighted by atomic mass is 10.0. The molecule has 0 radical (unpaired) electrons. The summed E-state index contributed by atoms with van der Waals surface area (Å²) in [4.78, 5) is 0. The second-order valence-corrected chi connectivity index (χ2v) is 17.8. The highest BCUT2D eigenvalue weighted by atomic mass is 127. The van der Waals surface area contributed by atoms with Crippen LogP contribution in [-0.2, 0) is 31.9 Å². The molecule has 0 bridgehead atoms. The Balaban J connectivity index is 1.48. The van der Waals surface area contributed by atoms with Gasteiger partial charge in [0, 0.05) is 0 Å². The molecular weight excluding hydrogens is 667 g/mol. The summed E-state index contributed by atoms with van der Waals surface area (Å²) in [6, 6.07) is 41.3. The van der Waals surface area contributed by atoms with Crippen molar-refractivity contribution in [3.63, 3.8) is 0 Å². The van der Waals surface area contributed by atoms with Crippen molar-refractivity contribution in [3.05, 3.63) is 132 Å². The number of halogens is 1. The van der Waals surface area contributed by atoms with Crippen LogP contribution < -0.4 is 10.4 Å². The highest BCUT2D eigenvalue weighted by Crippen LogP contribution is 2.38. The maximum Gasteiger partial charge on any atom is 0.261 e. The first-order valence-electron chi connectivity index (χ1n) is 14.8. The molecule has 1 N–H and O–H groups in total. The van der Waals surface area contributed by atoms with Crippen LogP contribution in [0.5, 0.6) is 0 Å². The summed E-state index contributed by atoms with van der Waals surface area (Å²) in [5, 5.41) is 13.3. The SMILES string of the molecule is CC(C)(C)[Si](OC[C@H]1O[C@H](O)[C@@H](I)[C@@H](OCc2ccccc2)[C@@H]1OCc1ccccc1)(c1ccccc1)c1ccccc1. The van der Waals surface area contributed by atoms with Crippen LogP contribution in [0.2, 0.25) is 5.04 Å². The predicted octanol–water partition coefficient (Wildman–Crippen LogP) is 6.25. The Labute approximate surface area is 270 Å². The molecule has 4 aromatic rings. The van der Waals surface area contributed by atoms with Crippen LogP contribution in [0.15, 0.2) is 121 Å². The van der Waals surface area contributed by atoms with Crippen molar-refractivity contribution >= 4 is 41.3 Å². The highest BCUT2D eigenvalue weighted by molar-refractivity contribution is 14.1. The first-order valence-corrected chi connectivity index (χ1v) is 18.0. The third-order valence-electron chi connectivity index (χ3n) is 8.04. The number of aliphatic hydroxyl groups excluding tert-OH is 1. The van der Waals surface area contributed by atoms with E-state index in [4.69, 9.17) is 18.6 Å². The van der Waals surface area contributed by atoms with Gasteiger partial charge in [0.25, 0.3) is 8.32 Å². The molecule has 1 fully saturated rings. The third kappa shape index (κ3) is 7.48. The van der Waals surface area contributed by atoms with Crippen LogP contribution in [0.4, 0.5) is 0 Å². The van der Waals surface area contributed by atoms with E-state index in [1.54, 1.807) is 0 Å². The van der Waals surface area contributed by atoms with Crippen LogP contribution in [0.25, 0.3) is 0 Å². The van der Waals surface area contributed by atoms with Crippen LogP contribution in [0.3, 0.4) is 0 Å². The van der Waals surface area contributed by atoms with Crippen LogP contribution in [-0.4, -0.2) is 48.6 Å². The van der Waals surface area contributed by atoms with Gasteiger partial charge in [-0.3, -0.25) is 0 Å². The topological polar surface area (TPSA) is 57.2 Å². The van der Waals surface area contributed by atoms with Gasteiger partial charge in [-0.1, -0.05) is 165 Å². The van der Waals surface area contributed by atoms with Crippen LogP contribution >= 0.6 is 22.6 Å². The van der Waals surface area contributed by atoms with Crippen molar-refractivity contribution < 1.29 is 23.7 Å². The maximum atomic E-state index is 11.1. The number of hydrogen-bond acceptors (Lipinski definition) is 5. The van der Waals surface area contributed by atoms with E-state index < -0.39 is 32.9 Å². The standard InChI is InChI=1S/C36H41IO5Si/c1-36(2,3)43(29-20-12-6-13-21-29,30-22-14-7-15-23-30)41-26-31-33(39-24-27-16-8-4-9-17-27)34(32(37)35(38)42-31)40-25-28-18-10-5-11-19-28/h4-23,31-35,38H,24-26H2,1-3H3/t31-,32+,33-,34-,35+/m1/s1. The lowest BCUT2D eigenvalue weighted by Gasteiger charge is -2.46. The van der Waals surface area contributed by atoms with Crippen molar-refractivity contribution in [1.29, 1.82) is 0 Å². The molecule has 5 nitrogen and oxygen atoms in total. The van der Waals surface area contributed by atoms with Crippen molar-refractivity contribution in [2.75, 3.05) is 6.61 Å². The number of ether oxygens (including phenoxy) is 3. The van der Waals surface area contributed by atoms with Gasteiger partial charge in [-0.15, -0.1) is 0 Å². The van der Waals surface area contributed by atoms with E-state index in [1.807, 2.05) is 72.8 Å². The molecule has 1 aliphatic heterocycles. The Hall–Kier alpha value is -2.37. The van der Waals surface area contributed by atoms with Gasteiger partial charge in [-0.05, 0) is 26.5 Å². The van der Waals surface area contributed by atoms with Gasteiger partial charge >= 0.3 is 0 Å². The molecular formula is C36H41IO5Si. The molecule has 226 valence electrons. The Morgan fingerprint density at radius 2 is 1.09 bits per heavy atom. The second-order valence-electron chi connectivity index (χ2n) is 12.0. The fraction of sp³-hybridized carbons (Fsp3) is 0.333. The van der Waals surface area contributed by atoms with Gasteiger partial charge in [0.2, 0.25) is 0 Å². The number of hydrogen-bond donors (Lipinski definition) is 1. The summed E-state index contributed by atoms with van der Waals surface area (Å²) >= 11 is 2.23. The first-order chi connectivity index (χ1) is 20.8. The molecule has 0 amide bonds. The molecule has 5 atom stereocenters. The second kappa shape index (κ2) is 14.6. The molecule has 1 aliphatic rings. The van der Waals surface area contributed by atoms with E-state index in [9.17, 15) is 5.11 Å². The zero-order chi connectivity index (χ0) is 30.3. The smallest absolute Gasteiger partial charge is 0.261 e. The van der Waals surface area contributed by atoms with E-state index in [0.717, 1.165) is 11.1 Å². The van der Waals surface area contributed by atoms with Crippen molar-refractivity contribution in [1.82, 2.24) is 0 Å². The van der Waals surface area contributed by atoms with E-state index in [2.05, 4.69) is 91.9 Å². The van der Waals surface area contributed by atoms with Crippen LogP contribution in [0, 0.1) is 0 Å². The molecule has 0 unspecified atom stereocenters. The first kappa shape index (κ1) is 32.0. The van der Waals surface area contributed by atoms with E-state index in [0.29, 0.717) is 13.2 Å². The molecule has 1 saturated heterocycles. The lowest BCUT2D eigenvalue weighted by molar-refractivity contribution is -0.253. The molecule has 0 spiro atoms. The largest absolute Gasteiger partial charge is 0.405 e. The number of aliphatic hydroxyl groups is 1. The minimum atomic E-state index is -2.84. The average molecular weight is 709 g/mol. The van der Waals surface area contributed by atoms with E-state index in [1.165, 1.54) is 10.4 Å². The Morgan fingerprint density at radius 1 is 0.674 bits per heavy atom. The summed E-state index contributed by atoms with van der Waals surface area (Å²) in [5.41, 5.74) is 2.13. The normalized spacial score (nSPS) is 22.8. The third-order valence-corrected chi connectivity index (χ3v) is 14.4. The fourth-order valence-corrected chi connectivity index (χ4v) is 11.3. The van der Waals surface area contributed by atoms with Crippen molar-refractivity contribution in [2.24, 2.45) is 0 Å². The lowest BCUT2D eigenvalue weighted by Crippen LogP contribution is -2.68. The molecule has 7 heteroatoms. The monoisotopic (exact) mass is 708 g/mol. The minimum absolute atomic E-state index is 0.196. The Bertz CT molecular complexity index is 1350. The summed E-state index contributed by atoms with van der Waals surface area (Å²) in [6.07, 6.45) is -2.45. The fourth-order valence-electron chi connectivity index (χ4n) is 5.91. The molecule has 0 saturated carbocycles. The summed E-state index contributed by atoms with van der Waals surface area (Å²) in [6.45, 7) is 7.82. The maximum absolute atomic E-state index is 11.1. The van der Waals surface area contributed by atoms with Gasteiger partial charge in [0.05, 0.1) is 23.7 Å². The summed E-state index contributed by atoms with van der Waals surface area (Å²) in [5.74, 6) is 0. The summed E-state index contributed by atoms with van der Waals surface area (Å²) in [7, 11) is -2.84. The van der Waals surface area contributed by atoms with Gasteiger partial charge in [0.15, 0.2) is 6.29 Å². The van der Waals surface area contributed by atoms with E-state index >= 15 is 0 Å². The predicted molar refractivity (Wildman–Crippen MR) is 182 cm³/mol. The van der Waals surface area contributed by atoms with Gasteiger partial charge in [0.1, 0.15) is 18.3 Å². The number of rotatable bonds is 11. The van der Waals surface area contributed by atoms with Crippen LogP contribution in [0.1, 0.15) is 31.9 Å². The minimum Gasteiger partial charge on any atom is -0.405 e. The molecule has 5 rings (SSSR count). The molecule has 1 heterocycles.